The number of rotatable bonds is 3. The number of halogens is 3. The van der Waals surface area contributed by atoms with E-state index in [1.54, 1.807) is 0 Å². The number of hydrogen-bond acceptors (Lipinski definition) is 6. The highest BCUT2D eigenvalue weighted by Gasteiger charge is 2.41. The second kappa shape index (κ2) is 6.45. The number of alkyl halides is 3. The first-order valence-electron chi connectivity index (χ1n) is 7.86. The molecule has 0 amide bonds. The van der Waals surface area contributed by atoms with Crippen molar-refractivity contribution < 1.29 is 32.5 Å². The van der Waals surface area contributed by atoms with E-state index in [0.29, 0.717) is 38.9 Å². The largest absolute Gasteiger partial charge is 0.474 e. The maximum atomic E-state index is 12.9. The van der Waals surface area contributed by atoms with Crippen LogP contribution in [-0.4, -0.2) is 40.2 Å². The van der Waals surface area contributed by atoms with Crippen molar-refractivity contribution in [2.75, 3.05) is 13.2 Å². The van der Waals surface area contributed by atoms with Crippen molar-refractivity contribution in [3.63, 3.8) is 0 Å². The monoisotopic (exact) mass is 348 g/mol. The van der Waals surface area contributed by atoms with Gasteiger partial charge in [0.25, 0.3) is 0 Å². The highest BCUT2D eigenvalue weighted by atomic mass is 19.4. The molecule has 1 saturated heterocycles. The minimum Gasteiger partial charge on any atom is -0.474 e. The van der Waals surface area contributed by atoms with Gasteiger partial charge in [-0.1, -0.05) is 0 Å². The molecule has 1 aliphatic heterocycles. The summed E-state index contributed by atoms with van der Waals surface area (Å²) in [5.74, 6) is -2.05. The molecule has 0 unspecified atom stereocenters. The van der Waals surface area contributed by atoms with Crippen LogP contribution in [-0.2, 0) is 15.7 Å². The van der Waals surface area contributed by atoms with Gasteiger partial charge >= 0.3 is 6.18 Å². The van der Waals surface area contributed by atoms with Gasteiger partial charge in [0.2, 0.25) is 11.7 Å². The fourth-order valence-electron chi connectivity index (χ4n) is 2.95. The number of aromatic nitrogens is 2. The predicted molar refractivity (Wildman–Crippen MR) is 75.2 cm³/mol. The summed E-state index contributed by atoms with van der Waals surface area (Å²) in [4.78, 5) is 6.79. The average molecular weight is 348 g/mol. The molecule has 2 heterocycles. The lowest BCUT2D eigenvalue weighted by Gasteiger charge is -2.35. The molecule has 1 spiro atoms. The van der Waals surface area contributed by atoms with Crippen molar-refractivity contribution in [2.24, 2.45) is 0 Å². The Kier molecular flexibility index (Phi) is 4.67. The summed E-state index contributed by atoms with van der Waals surface area (Å²) in [6.07, 6.45) is -3.70. The Morgan fingerprint density at radius 2 is 1.88 bits per heavy atom. The second-order valence-electron chi connectivity index (χ2n) is 6.05. The van der Waals surface area contributed by atoms with Gasteiger partial charge in [0.1, 0.15) is 6.10 Å². The van der Waals surface area contributed by atoms with Crippen LogP contribution in [0.2, 0.25) is 0 Å². The quantitative estimate of drug-likeness (QED) is 0.905. The van der Waals surface area contributed by atoms with Crippen LogP contribution in [0.25, 0.3) is 0 Å². The van der Waals surface area contributed by atoms with Gasteiger partial charge in [-0.2, -0.15) is 18.2 Å². The first kappa shape index (κ1) is 17.4. The van der Waals surface area contributed by atoms with Gasteiger partial charge in [-0.05, 0) is 19.8 Å². The van der Waals surface area contributed by atoms with Gasteiger partial charge in [0.05, 0.1) is 25.0 Å². The molecule has 1 N–H and O–H groups in total. The Balaban J connectivity index is 1.71. The fraction of sp³-hybridized carbons (Fsp3) is 0.733. The standard InChI is InChI=1S/C15H19F3N2O4/c1-9(21)11-8-12(20-13(19-11)15(16,17)18)24-10-2-4-14(5-3-10)22-6-7-23-14/h8-10,21H,2-7H2,1H3/t9-/m0/s1. The summed E-state index contributed by atoms with van der Waals surface area (Å²) >= 11 is 0. The third-order valence-corrected chi connectivity index (χ3v) is 4.20. The summed E-state index contributed by atoms with van der Waals surface area (Å²) in [7, 11) is 0. The number of nitrogens with zero attached hydrogens (tertiary/aromatic N) is 2. The molecule has 24 heavy (non-hydrogen) atoms. The number of hydrogen-bond donors (Lipinski definition) is 1. The molecule has 1 aromatic rings. The normalized spacial score (nSPS) is 22.7. The molecule has 3 rings (SSSR count). The third kappa shape index (κ3) is 3.79. The smallest absolute Gasteiger partial charge is 0.451 e. The number of aliphatic hydroxyl groups is 1. The molecular formula is C15H19F3N2O4. The van der Waals surface area contributed by atoms with Crippen molar-refractivity contribution in [1.29, 1.82) is 0 Å². The Labute approximate surface area is 137 Å². The molecule has 9 heteroatoms. The lowest BCUT2D eigenvalue weighted by Crippen LogP contribution is -2.38. The van der Waals surface area contributed by atoms with Gasteiger partial charge in [-0.25, -0.2) is 4.98 Å². The summed E-state index contributed by atoms with van der Waals surface area (Å²) in [5.41, 5.74) is -0.123. The topological polar surface area (TPSA) is 73.7 Å². The van der Waals surface area contributed by atoms with E-state index >= 15 is 0 Å². The Bertz CT molecular complexity index is 579. The molecule has 1 atom stereocenters. The molecular weight excluding hydrogens is 329 g/mol. The number of aliphatic hydroxyl groups excluding tert-OH is 1. The number of ether oxygens (including phenoxy) is 3. The van der Waals surface area contributed by atoms with E-state index in [0.717, 1.165) is 0 Å². The molecule has 6 nitrogen and oxygen atoms in total. The van der Waals surface area contributed by atoms with E-state index in [9.17, 15) is 18.3 Å². The second-order valence-corrected chi connectivity index (χ2v) is 6.05. The molecule has 0 aromatic carbocycles. The fourth-order valence-corrected chi connectivity index (χ4v) is 2.95. The van der Waals surface area contributed by atoms with Crippen LogP contribution in [0.4, 0.5) is 13.2 Å². The zero-order valence-electron chi connectivity index (χ0n) is 13.2. The minimum absolute atomic E-state index is 0.123. The third-order valence-electron chi connectivity index (χ3n) is 4.20. The van der Waals surface area contributed by atoms with Crippen molar-refractivity contribution >= 4 is 0 Å². The maximum absolute atomic E-state index is 12.9. The molecule has 0 bridgehead atoms. The zero-order chi connectivity index (χ0) is 17.4. The van der Waals surface area contributed by atoms with Crippen LogP contribution >= 0.6 is 0 Å². The van der Waals surface area contributed by atoms with E-state index in [4.69, 9.17) is 14.2 Å². The Morgan fingerprint density at radius 1 is 1.25 bits per heavy atom. The highest BCUT2D eigenvalue weighted by Crippen LogP contribution is 2.37. The lowest BCUT2D eigenvalue weighted by molar-refractivity contribution is -0.186. The summed E-state index contributed by atoms with van der Waals surface area (Å²) in [5, 5.41) is 9.54. The maximum Gasteiger partial charge on any atom is 0.451 e. The van der Waals surface area contributed by atoms with Crippen molar-refractivity contribution in [1.82, 2.24) is 9.97 Å². The van der Waals surface area contributed by atoms with Crippen LogP contribution < -0.4 is 4.74 Å². The van der Waals surface area contributed by atoms with E-state index in [1.807, 2.05) is 0 Å². The molecule has 2 fully saturated rings. The van der Waals surface area contributed by atoms with Crippen molar-refractivity contribution in [2.45, 2.75) is 56.8 Å². The summed E-state index contributed by atoms with van der Waals surface area (Å²) in [6, 6.07) is 1.24. The first-order chi connectivity index (χ1) is 11.3. The van der Waals surface area contributed by atoms with Crippen LogP contribution in [0.1, 0.15) is 50.2 Å². The average Bonchev–Trinajstić information content (AvgIpc) is 2.97. The van der Waals surface area contributed by atoms with Gasteiger partial charge in [-0.15, -0.1) is 0 Å². The summed E-state index contributed by atoms with van der Waals surface area (Å²) in [6.45, 7) is 2.46. The Morgan fingerprint density at radius 3 is 2.42 bits per heavy atom. The van der Waals surface area contributed by atoms with Gasteiger partial charge in [0.15, 0.2) is 5.79 Å². The first-order valence-corrected chi connectivity index (χ1v) is 7.86. The Hall–Kier alpha value is -1.45. The van der Waals surface area contributed by atoms with E-state index in [1.165, 1.54) is 13.0 Å². The molecule has 2 aliphatic rings. The van der Waals surface area contributed by atoms with E-state index in [2.05, 4.69) is 9.97 Å². The lowest BCUT2D eigenvalue weighted by atomic mass is 9.92. The minimum atomic E-state index is -4.70. The molecule has 134 valence electrons. The SMILES string of the molecule is C[C@H](O)c1cc(OC2CCC3(CC2)OCCO3)nc(C(F)(F)F)n1. The molecule has 1 aromatic heterocycles. The van der Waals surface area contributed by atoms with Crippen molar-refractivity contribution in [3.8, 4) is 5.88 Å². The predicted octanol–water partition coefficient (Wildman–Crippen LogP) is 2.61. The van der Waals surface area contributed by atoms with Gasteiger partial charge in [0, 0.05) is 18.9 Å². The van der Waals surface area contributed by atoms with Gasteiger partial charge in [-0.3, -0.25) is 0 Å². The van der Waals surface area contributed by atoms with Crippen LogP contribution in [0.5, 0.6) is 5.88 Å². The van der Waals surface area contributed by atoms with E-state index in [-0.39, 0.29) is 17.7 Å². The van der Waals surface area contributed by atoms with Crippen LogP contribution in [0.15, 0.2) is 6.07 Å². The summed E-state index contributed by atoms with van der Waals surface area (Å²) < 4.78 is 55.5. The van der Waals surface area contributed by atoms with Crippen LogP contribution in [0.3, 0.4) is 0 Å². The van der Waals surface area contributed by atoms with Crippen LogP contribution in [0, 0.1) is 0 Å². The molecule has 1 aliphatic carbocycles. The van der Waals surface area contributed by atoms with E-state index < -0.39 is 23.9 Å². The van der Waals surface area contributed by atoms with Gasteiger partial charge < -0.3 is 19.3 Å². The highest BCUT2D eigenvalue weighted by molar-refractivity contribution is 5.19. The molecule has 1 saturated carbocycles. The zero-order valence-corrected chi connectivity index (χ0v) is 13.2. The van der Waals surface area contributed by atoms with Crippen molar-refractivity contribution in [3.05, 3.63) is 17.6 Å². The molecule has 0 radical (unpaired) electrons.